The van der Waals surface area contributed by atoms with E-state index in [2.05, 4.69) is 27.6 Å². The molecule has 34 heavy (non-hydrogen) atoms. The summed E-state index contributed by atoms with van der Waals surface area (Å²) in [6.45, 7) is 5.17. The minimum atomic E-state index is -0.359. The molecule has 1 amide bonds. The molecule has 1 spiro atoms. The first kappa shape index (κ1) is 23.9. The molecule has 2 aliphatic heterocycles. The van der Waals surface area contributed by atoms with Crippen LogP contribution in [0.3, 0.4) is 0 Å². The van der Waals surface area contributed by atoms with Crippen LogP contribution in [0.25, 0.3) is 11.0 Å². The molecule has 2 saturated heterocycles. The Bertz CT molecular complexity index is 1150. The van der Waals surface area contributed by atoms with Crippen molar-refractivity contribution in [2.24, 2.45) is 12.5 Å². The summed E-state index contributed by atoms with van der Waals surface area (Å²) in [5.41, 5.74) is 2.78. The number of oxazole rings is 1. The van der Waals surface area contributed by atoms with Gasteiger partial charge in [0.25, 0.3) is 12.4 Å². The maximum absolute atomic E-state index is 12.8. The number of likely N-dealkylation sites (tertiary alicyclic amines) is 2. The lowest BCUT2D eigenvalue weighted by Gasteiger charge is -2.49. The normalized spacial score (nSPS) is 20.2. The lowest BCUT2D eigenvalue weighted by atomic mass is 9.71. The highest BCUT2D eigenvalue weighted by Gasteiger charge is 2.43. The second-order valence-corrected chi connectivity index (χ2v) is 9.27. The van der Waals surface area contributed by atoms with Crippen molar-refractivity contribution in [1.29, 1.82) is 0 Å². The summed E-state index contributed by atoms with van der Waals surface area (Å²) >= 11 is 0. The number of β-amino-alcohol motifs (C(OH)–C–C–N with tert-alkyl or cyclic N) is 1. The van der Waals surface area contributed by atoms with Crippen LogP contribution in [-0.4, -0.2) is 79.2 Å². The number of hydrogen-bond acceptors (Lipinski definition) is 7. The van der Waals surface area contributed by atoms with Crippen LogP contribution in [0.2, 0.25) is 0 Å². The molecule has 0 saturated carbocycles. The van der Waals surface area contributed by atoms with E-state index >= 15 is 0 Å². The fourth-order valence-corrected chi connectivity index (χ4v) is 5.32. The SMILES string of the molecule is Cc1ncoc1C(=O)N1CCC2(CC1)CC(O)CN(Cc1nc3ccccc3n1C)C2.O=CO. The Morgan fingerprint density at radius 2 is 2.00 bits per heavy atom. The van der Waals surface area contributed by atoms with Crippen LogP contribution in [0.4, 0.5) is 0 Å². The van der Waals surface area contributed by atoms with Gasteiger partial charge in [-0.05, 0) is 43.7 Å². The zero-order valence-corrected chi connectivity index (χ0v) is 19.6. The molecular formula is C24H31N5O5. The smallest absolute Gasteiger partial charge is 0.291 e. The number of benzene rings is 1. The summed E-state index contributed by atoms with van der Waals surface area (Å²) in [7, 11) is 2.05. The highest BCUT2D eigenvalue weighted by molar-refractivity contribution is 5.92. The van der Waals surface area contributed by atoms with Gasteiger partial charge in [0.1, 0.15) is 5.82 Å². The number of carbonyl (C=O) groups excluding carboxylic acids is 1. The third kappa shape index (κ3) is 4.83. The zero-order valence-electron chi connectivity index (χ0n) is 19.6. The van der Waals surface area contributed by atoms with Crippen LogP contribution < -0.4 is 0 Å². The first-order valence-corrected chi connectivity index (χ1v) is 11.4. The minimum Gasteiger partial charge on any atom is -0.483 e. The first-order valence-electron chi connectivity index (χ1n) is 11.4. The predicted molar refractivity (Wildman–Crippen MR) is 124 cm³/mol. The number of carboxylic acid groups (broad SMARTS) is 1. The van der Waals surface area contributed by atoms with Gasteiger partial charge in [-0.1, -0.05) is 12.1 Å². The Morgan fingerprint density at radius 1 is 1.29 bits per heavy atom. The number of aromatic nitrogens is 3. The number of imidazole rings is 1. The van der Waals surface area contributed by atoms with Crippen molar-refractivity contribution >= 4 is 23.4 Å². The molecule has 1 unspecified atom stereocenters. The van der Waals surface area contributed by atoms with Crippen molar-refractivity contribution in [1.82, 2.24) is 24.3 Å². The monoisotopic (exact) mass is 469 g/mol. The lowest BCUT2D eigenvalue weighted by Crippen LogP contribution is -2.54. The maximum Gasteiger partial charge on any atom is 0.291 e. The number of carbonyl (C=O) groups is 2. The fraction of sp³-hybridized carbons (Fsp3) is 0.500. The average molecular weight is 470 g/mol. The number of hydrogen-bond donors (Lipinski definition) is 2. The number of fused-ring (bicyclic) bond motifs is 1. The standard InChI is InChI=1S/C23H29N5O3.CH2O2/c1-16-21(31-15-24-16)22(30)28-9-7-23(8-10-28)11-17(29)12-27(14-23)13-20-25-18-5-3-4-6-19(18)26(20)2;2-1-3/h3-6,15,17,29H,7-14H2,1-2H3;1H,(H,2,3). The van der Waals surface area contributed by atoms with Crippen LogP contribution >= 0.6 is 0 Å². The van der Waals surface area contributed by atoms with Gasteiger partial charge in [-0.25, -0.2) is 9.97 Å². The average Bonchev–Trinajstić information content (AvgIpc) is 3.37. The topological polar surface area (TPSA) is 125 Å². The number of para-hydroxylation sites is 2. The van der Waals surface area contributed by atoms with Crippen molar-refractivity contribution in [3.63, 3.8) is 0 Å². The third-order valence-corrected chi connectivity index (χ3v) is 6.99. The molecular weight excluding hydrogens is 438 g/mol. The van der Waals surface area contributed by atoms with E-state index in [0.29, 0.717) is 37.6 Å². The summed E-state index contributed by atoms with van der Waals surface area (Å²) in [5, 5.41) is 17.6. The molecule has 1 aromatic carbocycles. The van der Waals surface area contributed by atoms with E-state index in [9.17, 15) is 9.90 Å². The minimum absolute atomic E-state index is 0.0233. The summed E-state index contributed by atoms with van der Waals surface area (Å²) in [6, 6.07) is 8.16. The van der Waals surface area contributed by atoms with Crippen LogP contribution in [0.5, 0.6) is 0 Å². The highest BCUT2D eigenvalue weighted by atomic mass is 16.4. The van der Waals surface area contributed by atoms with E-state index in [1.807, 2.05) is 23.1 Å². The molecule has 10 heteroatoms. The number of rotatable bonds is 3. The van der Waals surface area contributed by atoms with E-state index in [1.54, 1.807) is 6.92 Å². The van der Waals surface area contributed by atoms with Gasteiger partial charge < -0.3 is 24.1 Å². The molecule has 10 nitrogen and oxygen atoms in total. The van der Waals surface area contributed by atoms with Crippen LogP contribution in [0.15, 0.2) is 35.1 Å². The molecule has 0 bridgehead atoms. The van der Waals surface area contributed by atoms with Gasteiger partial charge in [0.05, 0.1) is 29.4 Å². The maximum atomic E-state index is 12.8. The van der Waals surface area contributed by atoms with Gasteiger partial charge in [0.2, 0.25) is 5.76 Å². The van der Waals surface area contributed by atoms with Gasteiger partial charge in [0, 0.05) is 33.2 Å². The van der Waals surface area contributed by atoms with Gasteiger partial charge in [-0.15, -0.1) is 0 Å². The molecule has 2 aliphatic rings. The van der Waals surface area contributed by atoms with Gasteiger partial charge in [-0.2, -0.15) is 0 Å². The largest absolute Gasteiger partial charge is 0.483 e. The van der Waals surface area contributed by atoms with E-state index in [4.69, 9.17) is 19.3 Å². The molecule has 2 aromatic heterocycles. The third-order valence-electron chi connectivity index (χ3n) is 6.99. The summed E-state index contributed by atoms with van der Waals surface area (Å²) in [4.78, 5) is 34.2. The fourth-order valence-electron chi connectivity index (χ4n) is 5.32. The predicted octanol–water partition coefficient (Wildman–Crippen LogP) is 2.06. The number of nitrogens with zero attached hydrogens (tertiary/aromatic N) is 5. The van der Waals surface area contributed by atoms with Crippen molar-refractivity contribution in [3.05, 3.63) is 47.9 Å². The van der Waals surface area contributed by atoms with E-state index < -0.39 is 0 Å². The van der Waals surface area contributed by atoms with Crippen LogP contribution in [0, 0.1) is 12.3 Å². The molecule has 2 N–H and O–H groups in total. The molecule has 3 aromatic rings. The van der Waals surface area contributed by atoms with Gasteiger partial charge in [-0.3, -0.25) is 14.5 Å². The molecule has 1 atom stereocenters. The van der Waals surface area contributed by atoms with E-state index in [1.165, 1.54) is 6.39 Å². The second-order valence-electron chi connectivity index (χ2n) is 9.27. The van der Waals surface area contributed by atoms with Gasteiger partial charge >= 0.3 is 0 Å². The number of piperidine rings is 2. The van der Waals surface area contributed by atoms with Crippen LogP contribution in [0.1, 0.15) is 41.3 Å². The second kappa shape index (κ2) is 9.94. The Hall–Kier alpha value is -3.24. The van der Waals surface area contributed by atoms with Crippen molar-refractivity contribution in [2.45, 2.75) is 38.8 Å². The number of aliphatic hydroxyl groups excluding tert-OH is 1. The number of aliphatic hydroxyl groups is 1. The van der Waals surface area contributed by atoms with Crippen LogP contribution in [-0.2, 0) is 18.4 Å². The van der Waals surface area contributed by atoms with E-state index in [-0.39, 0.29) is 23.9 Å². The Kier molecular flexibility index (Phi) is 6.99. The summed E-state index contributed by atoms with van der Waals surface area (Å²) in [5.74, 6) is 1.26. The molecule has 182 valence electrons. The Balaban J connectivity index is 0.000000868. The molecule has 5 rings (SSSR count). The molecule has 4 heterocycles. The molecule has 2 fully saturated rings. The molecule has 0 aliphatic carbocycles. The quantitative estimate of drug-likeness (QED) is 0.559. The van der Waals surface area contributed by atoms with Crippen molar-refractivity contribution in [2.75, 3.05) is 26.2 Å². The highest BCUT2D eigenvalue weighted by Crippen LogP contribution is 2.40. The molecule has 0 radical (unpaired) electrons. The first-order chi connectivity index (χ1) is 16.4. The lowest BCUT2D eigenvalue weighted by molar-refractivity contribution is -0.122. The zero-order chi connectivity index (χ0) is 24.3. The Morgan fingerprint density at radius 3 is 2.65 bits per heavy atom. The summed E-state index contributed by atoms with van der Waals surface area (Å²) in [6.07, 6.45) is 3.51. The van der Waals surface area contributed by atoms with Crippen molar-refractivity contribution in [3.8, 4) is 0 Å². The summed E-state index contributed by atoms with van der Waals surface area (Å²) < 4.78 is 7.44. The van der Waals surface area contributed by atoms with Crippen molar-refractivity contribution < 1.29 is 24.2 Å². The van der Waals surface area contributed by atoms with E-state index in [0.717, 1.165) is 42.7 Å². The van der Waals surface area contributed by atoms with Gasteiger partial charge in [0.15, 0.2) is 6.39 Å². The Labute approximate surface area is 197 Å². The number of amides is 1. The number of aryl methyl sites for hydroxylation is 2.